The van der Waals surface area contributed by atoms with Crippen molar-refractivity contribution in [1.29, 1.82) is 0 Å². The molecule has 4 fully saturated rings. The molecule has 0 radical (unpaired) electrons. The van der Waals surface area contributed by atoms with Crippen LogP contribution in [-0.4, -0.2) is 117 Å². The SMILES string of the molecule is C=CCN(CCN1CCOCC1)C(=O)C1N(CCCCCCO)C(=O)[C@@H]2[C@H](C(=O)O)[C@]3(C)CCC12S3. The number of morpholine rings is 1. The average molecular weight is 524 g/mol. The van der Waals surface area contributed by atoms with Gasteiger partial charge in [0.25, 0.3) is 0 Å². The summed E-state index contributed by atoms with van der Waals surface area (Å²) in [7, 11) is 0. The van der Waals surface area contributed by atoms with E-state index in [0.29, 0.717) is 52.1 Å². The van der Waals surface area contributed by atoms with Crippen LogP contribution in [0.4, 0.5) is 0 Å². The number of aliphatic carboxylic acids is 1. The van der Waals surface area contributed by atoms with Crippen molar-refractivity contribution < 1.29 is 29.3 Å². The number of ether oxygens (including phenoxy) is 1. The van der Waals surface area contributed by atoms with Gasteiger partial charge in [0.15, 0.2) is 0 Å². The van der Waals surface area contributed by atoms with Crippen molar-refractivity contribution in [2.45, 2.75) is 61.0 Å². The number of thioether (sulfide) groups is 1. The number of carboxylic acids is 1. The first-order valence-corrected chi connectivity index (χ1v) is 14.1. The summed E-state index contributed by atoms with van der Waals surface area (Å²) >= 11 is 1.58. The molecule has 2 amide bonds. The Morgan fingerprint density at radius 3 is 2.58 bits per heavy atom. The molecule has 0 aromatic rings. The van der Waals surface area contributed by atoms with Crippen molar-refractivity contribution in [2.24, 2.45) is 11.8 Å². The Morgan fingerprint density at radius 2 is 1.92 bits per heavy atom. The molecule has 0 saturated carbocycles. The van der Waals surface area contributed by atoms with E-state index in [2.05, 4.69) is 11.5 Å². The number of aliphatic hydroxyl groups is 1. The van der Waals surface area contributed by atoms with Gasteiger partial charge in [0.2, 0.25) is 11.8 Å². The number of carbonyl (C=O) groups excluding carboxylic acids is 2. The fraction of sp³-hybridized carbons (Fsp3) is 0.808. The van der Waals surface area contributed by atoms with Crippen LogP contribution in [-0.2, 0) is 19.1 Å². The van der Waals surface area contributed by atoms with Gasteiger partial charge in [-0.15, -0.1) is 18.3 Å². The van der Waals surface area contributed by atoms with Crippen LogP contribution in [0.1, 0.15) is 45.4 Å². The van der Waals surface area contributed by atoms with Gasteiger partial charge in [-0.1, -0.05) is 18.9 Å². The van der Waals surface area contributed by atoms with E-state index >= 15 is 0 Å². The number of nitrogens with zero attached hydrogens (tertiary/aromatic N) is 3. The molecule has 4 heterocycles. The van der Waals surface area contributed by atoms with Crippen LogP contribution < -0.4 is 0 Å². The van der Waals surface area contributed by atoms with Crippen molar-refractivity contribution in [1.82, 2.24) is 14.7 Å². The van der Waals surface area contributed by atoms with Gasteiger partial charge in [0.05, 0.1) is 29.8 Å². The largest absolute Gasteiger partial charge is 0.481 e. The molecule has 4 rings (SSSR count). The van der Waals surface area contributed by atoms with Gasteiger partial charge in [-0.3, -0.25) is 19.3 Å². The van der Waals surface area contributed by atoms with E-state index in [0.717, 1.165) is 38.9 Å². The van der Waals surface area contributed by atoms with Gasteiger partial charge < -0.3 is 24.7 Å². The van der Waals surface area contributed by atoms with Gasteiger partial charge in [-0.2, -0.15) is 0 Å². The number of hydrogen-bond acceptors (Lipinski definition) is 7. The molecule has 2 bridgehead atoms. The normalized spacial score (nSPS) is 33.7. The summed E-state index contributed by atoms with van der Waals surface area (Å²) in [4.78, 5) is 46.3. The zero-order valence-corrected chi connectivity index (χ0v) is 22.2. The minimum absolute atomic E-state index is 0.0860. The number of aliphatic hydroxyl groups excluding tert-OH is 1. The summed E-state index contributed by atoms with van der Waals surface area (Å²) in [5.41, 5.74) is 0. The van der Waals surface area contributed by atoms with E-state index in [1.165, 1.54) is 0 Å². The summed E-state index contributed by atoms with van der Waals surface area (Å²) in [5.74, 6) is -2.64. The average Bonchev–Trinajstić information content (AvgIpc) is 3.42. The van der Waals surface area contributed by atoms with Crippen molar-refractivity contribution in [2.75, 3.05) is 59.1 Å². The topological polar surface area (TPSA) is 111 Å². The standard InChI is InChI=1S/C26H41N3O6S/c1-3-10-28(13-12-27-14-17-35-18-15-27)23(32)21-26-9-8-25(2,36-26)20(24(33)34)19(26)22(31)29(21)11-6-4-5-7-16-30/h3,19-21,30H,1,4-18H2,2H3,(H,33,34)/t19-,20+,21?,25-,26?/m0/s1. The lowest BCUT2D eigenvalue weighted by Crippen LogP contribution is -2.56. The lowest BCUT2D eigenvalue weighted by molar-refractivity contribution is -0.150. The predicted octanol–water partition coefficient (Wildman–Crippen LogP) is 1.45. The zero-order chi connectivity index (χ0) is 25.9. The molecule has 2 unspecified atom stereocenters. The monoisotopic (exact) mass is 523 g/mol. The Kier molecular flexibility index (Phi) is 8.69. The predicted molar refractivity (Wildman–Crippen MR) is 138 cm³/mol. The van der Waals surface area contributed by atoms with Gasteiger partial charge >= 0.3 is 5.97 Å². The third-order valence-electron chi connectivity index (χ3n) is 8.53. The minimum atomic E-state index is -0.934. The summed E-state index contributed by atoms with van der Waals surface area (Å²) < 4.78 is 4.21. The summed E-state index contributed by atoms with van der Waals surface area (Å²) in [6.07, 6.45) is 6.25. The third kappa shape index (κ3) is 4.93. The fourth-order valence-electron chi connectivity index (χ4n) is 6.78. The zero-order valence-electron chi connectivity index (χ0n) is 21.4. The van der Waals surface area contributed by atoms with Gasteiger partial charge in [-0.25, -0.2) is 0 Å². The number of carboxylic acid groups (broad SMARTS) is 1. The van der Waals surface area contributed by atoms with Crippen molar-refractivity contribution >= 4 is 29.5 Å². The molecule has 4 aliphatic heterocycles. The molecule has 9 nitrogen and oxygen atoms in total. The second kappa shape index (κ2) is 11.4. The number of rotatable bonds is 13. The molecule has 0 aromatic carbocycles. The highest BCUT2D eigenvalue weighted by atomic mass is 32.2. The van der Waals surface area contributed by atoms with Crippen LogP contribution in [0, 0.1) is 11.8 Å². The highest BCUT2D eigenvalue weighted by Gasteiger charge is 2.77. The summed E-state index contributed by atoms with van der Waals surface area (Å²) in [5, 5.41) is 19.2. The lowest BCUT2D eigenvalue weighted by Gasteiger charge is -2.38. The Labute approximate surface area is 218 Å². The molecule has 1 spiro atoms. The van der Waals surface area contributed by atoms with Crippen LogP contribution in [0.3, 0.4) is 0 Å². The van der Waals surface area contributed by atoms with Crippen molar-refractivity contribution in [3.8, 4) is 0 Å². The Hall–Kier alpha value is -1.62. The molecular weight excluding hydrogens is 482 g/mol. The van der Waals surface area contributed by atoms with Crippen LogP contribution in [0.15, 0.2) is 12.7 Å². The molecule has 5 atom stereocenters. The second-order valence-electron chi connectivity index (χ2n) is 10.8. The third-order valence-corrected chi connectivity index (χ3v) is 10.5. The molecule has 0 aliphatic carbocycles. The van der Waals surface area contributed by atoms with Crippen LogP contribution in [0.5, 0.6) is 0 Å². The van der Waals surface area contributed by atoms with E-state index in [1.54, 1.807) is 27.6 Å². The molecule has 4 saturated heterocycles. The Balaban J connectivity index is 1.59. The highest BCUT2D eigenvalue weighted by Crippen LogP contribution is 2.71. The fourth-order valence-corrected chi connectivity index (χ4v) is 9.12. The number of fused-ring (bicyclic) bond motifs is 1. The van der Waals surface area contributed by atoms with Crippen molar-refractivity contribution in [3.05, 3.63) is 12.7 Å². The maximum Gasteiger partial charge on any atom is 0.308 e. The van der Waals surface area contributed by atoms with Crippen LogP contribution >= 0.6 is 11.8 Å². The minimum Gasteiger partial charge on any atom is -0.481 e. The van der Waals surface area contributed by atoms with Gasteiger partial charge in [0.1, 0.15) is 6.04 Å². The number of amides is 2. The molecule has 202 valence electrons. The first-order chi connectivity index (χ1) is 17.3. The van der Waals surface area contributed by atoms with Gasteiger partial charge in [0, 0.05) is 50.6 Å². The Morgan fingerprint density at radius 1 is 1.19 bits per heavy atom. The number of likely N-dealkylation sites (tertiary alicyclic amines) is 1. The van der Waals surface area contributed by atoms with Crippen LogP contribution in [0.25, 0.3) is 0 Å². The van der Waals surface area contributed by atoms with E-state index in [9.17, 15) is 19.5 Å². The quantitative estimate of drug-likeness (QED) is 0.276. The molecule has 36 heavy (non-hydrogen) atoms. The molecule has 10 heteroatoms. The lowest BCUT2D eigenvalue weighted by atomic mass is 9.66. The first kappa shape index (κ1) is 27.4. The molecule has 0 aromatic heterocycles. The van der Waals surface area contributed by atoms with Crippen molar-refractivity contribution in [3.63, 3.8) is 0 Å². The van der Waals surface area contributed by atoms with E-state index in [1.807, 2.05) is 6.92 Å². The van der Waals surface area contributed by atoms with E-state index < -0.39 is 33.3 Å². The summed E-state index contributed by atoms with van der Waals surface area (Å²) in [6, 6.07) is -0.659. The van der Waals surface area contributed by atoms with Crippen LogP contribution in [0.2, 0.25) is 0 Å². The summed E-state index contributed by atoms with van der Waals surface area (Å²) in [6.45, 7) is 11.1. The van der Waals surface area contributed by atoms with E-state index in [4.69, 9.17) is 9.84 Å². The molecule has 2 N–H and O–H groups in total. The molecular formula is C26H41N3O6S. The maximum absolute atomic E-state index is 14.3. The van der Waals surface area contributed by atoms with Gasteiger partial charge in [-0.05, 0) is 32.6 Å². The number of unbranched alkanes of at least 4 members (excludes halogenated alkanes) is 3. The van der Waals surface area contributed by atoms with E-state index in [-0.39, 0.29) is 18.4 Å². The first-order valence-electron chi connectivity index (χ1n) is 13.3. The Bertz CT molecular complexity index is 852. The number of carbonyl (C=O) groups is 3. The second-order valence-corrected chi connectivity index (χ2v) is 12.7. The smallest absolute Gasteiger partial charge is 0.308 e. The number of hydrogen-bond donors (Lipinski definition) is 2. The highest BCUT2D eigenvalue weighted by molar-refractivity contribution is 8.02. The maximum atomic E-state index is 14.3. The molecule has 4 aliphatic rings.